The number of hydrogen-bond acceptors (Lipinski definition) is 3. The molecule has 0 bridgehead atoms. The normalized spacial score (nSPS) is 13.2. The maximum Gasteiger partial charge on any atom is 0.491 e. The number of ether oxygens (including phenoxy) is 2. The molecule has 3 nitrogen and oxygen atoms in total. The number of alkyl halides is 3. The summed E-state index contributed by atoms with van der Waals surface area (Å²) < 4.78 is 44.6. The molecule has 1 atom stereocenters. The van der Waals surface area contributed by atoms with Crippen LogP contribution in [0.4, 0.5) is 13.2 Å². The lowest BCUT2D eigenvalue weighted by Crippen LogP contribution is -2.27. The minimum atomic E-state index is -5.02. The number of carbonyl (C=O) groups excluding carboxylic acids is 1. The SMILES string of the molecule is COC(OC(=O)C(F)(F)F)c1ccccc1. The van der Waals surface area contributed by atoms with Crippen molar-refractivity contribution in [3.05, 3.63) is 35.9 Å². The van der Waals surface area contributed by atoms with Gasteiger partial charge >= 0.3 is 12.1 Å². The summed E-state index contributed by atoms with van der Waals surface area (Å²) in [6, 6.07) is 7.88. The molecule has 0 saturated heterocycles. The second-order valence-corrected chi connectivity index (χ2v) is 2.88. The van der Waals surface area contributed by atoms with Gasteiger partial charge < -0.3 is 9.47 Å². The molecule has 0 saturated carbocycles. The molecule has 0 heterocycles. The van der Waals surface area contributed by atoms with E-state index in [1.54, 1.807) is 18.2 Å². The van der Waals surface area contributed by atoms with Crippen LogP contribution in [0, 0.1) is 0 Å². The summed E-state index contributed by atoms with van der Waals surface area (Å²) in [7, 11) is 1.15. The van der Waals surface area contributed by atoms with Crippen molar-refractivity contribution in [2.45, 2.75) is 12.5 Å². The molecule has 6 heteroatoms. The zero-order chi connectivity index (χ0) is 12.2. The van der Waals surface area contributed by atoms with E-state index in [1.807, 2.05) is 0 Å². The zero-order valence-corrected chi connectivity index (χ0v) is 8.32. The van der Waals surface area contributed by atoms with E-state index in [2.05, 4.69) is 9.47 Å². The summed E-state index contributed by atoms with van der Waals surface area (Å²) in [5, 5.41) is 0. The fraction of sp³-hybridized carbons (Fsp3) is 0.300. The fourth-order valence-corrected chi connectivity index (χ4v) is 1.03. The fourth-order valence-electron chi connectivity index (χ4n) is 1.03. The van der Waals surface area contributed by atoms with Gasteiger partial charge in [-0.3, -0.25) is 0 Å². The van der Waals surface area contributed by atoms with Crippen molar-refractivity contribution in [2.75, 3.05) is 7.11 Å². The van der Waals surface area contributed by atoms with E-state index < -0.39 is 18.4 Å². The van der Waals surface area contributed by atoms with E-state index in [1.165, 1.54) is 12.1 Å². The molecule has 0 fully saturated rings. The van der Waals surface area contributed by atoms with Gasteiger partial charge in [-0.05, 0) is 0 Å². The lowest BCUT2D eigenvalue weighted by atomic mass is 10.2. The first kappa shape index (κ1) is 12.5. The lowest BCUT2D eigenvalue weighted by molar-refractivity contribution is -0.224. The van der Waals surface area contributed by atoms with Gasteiger partial charge in [0.1, 0.15) is 0 Å². The van der Waals surface area contributed by atoms with Gasteiger partial charge in [0.15, 0.2) is 0 Å². The molecule has 0 aliphatic rings. The quantitative estimate of drug-likeness (QED) is 0.595. The number of methoxy groups -OCH3 is 1. The van der Waals surface area contributed by atoms with Crippen molar-refractivity contribution < 1.29 is 27.4 Å². The summed E-state index contributed by atoms with van der Waals surface area (Å²) in [5.74, 6) is -2.27. The van der Waals surface area contributed by atoms with Crippen molar-refractivity contribution in [1.82, 2.24) is 0 Å². The molecule has 1 rings (SSSR count). The van der Waals surface area contributed by atoms with E-state index in [4.69, 9.17) is 0 Å². The van der Waals surface area contributed by atoms with Crippen LogP contribution < -0.4 is 0 Å². The van der Waals surface area contributed by atoms with Gasteiger partial charge in [0.25, 0.3) is 0 Å². The largest absolute Gasteiger partial charge is 0.491 e. The monoisotopic (exact) mass is 234 g/mol. The highest BCUT2D eigenvalue weighted by atomic mass is 19.4. The van der Waals surface area contributed by atoms with E-state index >= 15 is 0 Å². The summed E-state index contributed by atoms with van der Waals surface area (Å²) in [6.07, 6.45) is -6.37. The molecule has 0 radical (unpaired) electrons. The molecule has 0 aliphatic heterocycles. The second-order valence-electron chi connectivity index (χ2n) is 2.88. The first-order valence-corrected chi connectivity index (χ1v) is 4.30. The Kier molecular flexibility index (Phi) is 3.89. The van der Waals surface area contributed by atoms with E-state index in [-0.39, 0.29) is 0 Å². The Bertz CT molecular complexity index is 348. The Morgan fingerprint density at radius 1 is 1.25 bits per heavy atom. The number of benzene rings is 1. The van der Waals surface area contributed by atoms with E-state index in [0.29, 0.717) is 5.56 Å². The van der Waals surface area contributed by atoms with Crippen LogP contribution in [0.2, 0.25) is 0 Å². The van der Waals surface area contributed by atoms with Crippen LogP contribution in [-0.2, 0) is 14.3 Å². The minimum Gasteiger partial charge on any atom is -0.425 e. The summed E-state index contributed by atoms with van der Waals surface area (Å²) in [4.78, 5) is 10.6. The van der Waals surface area contributed by atoms with Crippen LogP contribution in [0.5, 0.6) is 0 Å². The average molecular weight is 234 g/mol. The number of halogens is 3. The van der Waals surface area contributed by atoms with E-state index in [0.717, 1.165) is 7.11 Å². The molecule has 1 aromatic rings. The van der Waals surface area contributed by atoms with Gasteiger partial charge in [0.05, 0.1) is 0 Å². The van der Waals surface area contributed by atoms with Crippen LogP contribution in [0.25, 0.3) is 0 Å². The van der Waals surface area contributed by atoms with Gasteiger partial charge in [0, 0.05) is 12.7 Å². The Morgan fingerprint density at radius 2 is 1.81 bits per heavy atom. The maximum atomic E-state index is 11.9. The molecule has 0 aromatic heterocycles. The highest BCUT2D eigenvalue weighted by molar-refractivity contribution is 5.75. The van der Waals surface area contributed by atoms with Crippen LogP contribution in [0.1, 0.15) is 11.9 Å². The number of esters is 1. The predicted octanol–water partition coefficient (Wildman–Crippen LogP) is 2.44. The van der Waals surface area contributed by atoms with Crippen molar-refractivity contribution in [3.8, 4) is 0 Å². The van der Waals surface area contributed by atoms with Gasteiger partial charge in [-0.2, -0.15) is 13.2 Å². The topological polar surface area (TPSA) is 35.5 Å². The third-order valence-electron chi connectivity index (χ3n) is 1.73. The van der Waals surface area contributed by atoms with Crippen molar-refractivity contribution in [3.63, 3.8) is 0 Å². The maximum absolute atomic E-state index is 11.9. The molecule has 0 spiro atoms. The van der Waals surface area contributed by atoms with Crippen LogP contribution in [0.15, 0.2) is 30.3 Å². The summed E-state index contributed by atoms with van der Waals surface area (Å²) in [6.45, 7) is 0. The molecule has 1 aromatic carbocycles. The highest BCUT2D eigenvalue weighted by Crippen LogP contribution is 2.23. The van der Waals surface area contributed by atoms with Crippen molar-refractivity contribution in [1.29, 1.82) is 0 Å². The smallest absolute Gasteiger partial charge is 0.425 e. The Hall–Kier alpha value is -1.56. The molecular formula is C10H9F3O3. The first-order chi connectivity index (χ1) is 7.45. The van der Waals surface area contributed by atoms with Gasteiger partial charge in [0.2, 0.25) is 6.29 Å². The average Bonchev–Trinajstić information content (AvgIpc) is 2.25. The number of carbonyl (C=O) groups is 1. The van der Waals surface area contributed by atoms with Gasteiger partial charge in [-0.25, -0.2) is 4.79 Å². The molecule has 88 valence electrons. The highest BCUT2D eigenvalue weighted by Gasteiger charge is 2.42. The van der Waals surface area contributed by atoms with E-state index in [9.17, 15) is 18.0 Å². The first-order valence-electron chi connectivity index (χ1n) is 4.30. The molecule has 0 amide bonds. The van der Waals surface area contributed by atoms with Gasteiger partial charge in [-0.1, -0.05) is 30.3 Å². The van der Waals surface area contributed by atoms with Crippen molar-refractivity contribution in [2.24, 2.45) is 0 Å². The Balaban J connectivity index is 2.75. The number of rotatable bonds is 3. The van der Waals surface area contributed by atoms with Crippen molar-refractivity contribution >= 4 is 5.97 Å². The summed E-state index contributed by atoms with van der Waals surface area (Å²) >= 11 is 0. The molecule has 16 heavy (non-hydrogen) atoms. The Labute approximate surface area is 89.8 Å². The van der Waals surface area contributed by atoms with Crippen LogP contribution in [-0.4, -0.2) is 19.3 Å². The Morgan fingerprint density at radius 3 is 2.25 bits per heavy atom. The van der Waals surface area contributed by atoms with Gasteiger partial charge in [-0.15, -0.1) is 0 Å². The minimum absolute atomic E-state index is 0.336. The predicted molar refractivity (Wildman–Crippen MR) is 48.3 cm³/mol. The standard InChI is InChI=1S/C10H9F3O3/c1-15-8(7-5-3-2-4-6-7)16-9(14)10(11,12)13/h2-6,8H,1H3. The lowest BCUT2D eigenvalue weighted by Gasteiger charge is -2.17. The van der Waals surface area contributed by atoms with Crippen LogP contribution >= 0.6 is 0 Å². The molecule has 1 unspecified atom stereocenters. The molecular weight excluding hydrogens is 225 g/mol. The van der Waals surface area contributed by atoms with Crippen LogP contribution in [0.3, 0.4) is 0 Å². The third-order valence-corrected chi connectivity index (χ3v) is 1.73. The molecule has 0 N–H and O–H groups in total. The zero-order valence-electron chi connectivity index (χ0n) is 8.32. The second kappa shape index (κ2) is 4.98. The third kappa shape index (κ3) is 3.23. The summed E-state index contributed by atoms with van der Waals surface area (Å²) in [5.41, 5.74) is 0.336. The number of hydrogen-bond donors (Lipinski definition) is 0. The molecule has 0 aliphatic carbocycles.